The van der Waals surface area contributed by atoms with Crippen LogP contribution in [-0.2, 0) is 20.2 Å². The molecule has 0 radical (unpaired) electrons. The summed E-state index contributed by atoms with van der Waals surface area (Å²) in [6, 6.07) is 5.84. The molecule has 2 bridgehead atoms. The number of aromatic nitrogens is 2. The largest absolute Gasteiger partial charge is 0.444 e. The van der Waals surface area contributed by atoms with Crippen LogP contribution in [0.1, 0.15) is 110 Å². The maximum absolute atomic E-state index is 14.1. The second-order valence-corrected chi connectivity index (χ2v) is 17.3. The van der Waals surface area contributed by atoms with Gasteiger partial charge in [0.05, 0.1) is 17.3 Å². The van der Waals surface area contributed by atoms with Crippen molar-refractivity contribution in [3.8, 4) is 0 Å². The van der Waals surface area contributed by atoms with Crippen LogP contribution in [-0.4, -0.2) is 65.1 Å². The van der Waals surface area contributed by atoms with Crippen LogP contribution in [0.3, 0.4) is 0 Å². The van der Waals surface area contributed by atoms with Crippen LogP contribution in [0.25, 0.3) is 5.57 Å². The fourth-order valence-corrected chi connectivity index (χ4v) is 8.03. The van der Waals surface area contributed by atoms with Gasteiger partial charge in [0, 0.05) is 29.1 Å². The summed E-state index contributed by atoms with van der Waals surface area (Å²) in [5.74, 6) is 0.0346. The minimum absolute atomic E-state index is 0.0293. The summed E-state index contributed by atoms with van der Waals surface area (Å²) in [7, 11) is -4.34. The monoisotopic (exact) mass is 652 g/mol. The van der Waals surface area contributed by atoms with E-state index in [0.717, 1.165) is 36.1 Å². The third kappa shape index (κ3) is 6.72. The van der Waals surface area contributed by atoms with Crippen LogP contribution in [0.2, 0.25) is 0 Å². The number of rotatable bonds is 5. The molecule has 0 saturated carbocycles. The van der Waals surface area contributed by atoms with E-state index < -0.39 is 26.9 Å². The van der Waals surface area contributed by atoms with Gasteiger partial charge in [-0.15, -0.1) is 0 Å². The van der Waals surface area contributed by atoms with E-state index in [4.69, 9.17) is 15.5 Å². The fourth-order valence-electron chi connectivity index (χ4n) is 7.09. The molecule has 3 unspecified atom stereocenters. The maximum atomic E-state index is 14.1. The number of pyridine rings is 2. The number of nitrogens with one attached hydrogen (secondary N) is 1. The normalized spacial score (nSPS) is 22.9. The quantitative estimate of drug-likeness (QED) is 0.418. The average molecular weight is 653 g/mol. The van der Waals surface area contributed by atoms with E-state index in [2.05, 4.69) is 62.2 Å². The van der Waals surface area contributed by atoms with Gasteiger partial charge in [-0.25, -0.2) is 19.5 Å². The molecule has 2 aromatic rings. The molecule has 11 nitrogen and oxygen atoms in total. The van der Waals surface area contributed by atoms with Crippen LogP contribution in [0.4, 0.5) is 16.4 Å². The van der Waals surface area contributed by atoms with Crippen molar-refractivity contribution >= 4 is 39.2 Å². The molecule has 0 spiro atoms. The zero-order valence-corrected chi connectivity index (χ0v) is 29.3. The van der Waals surface area contributed by atoms with Crippen LogP contribution in [0, 0.1) is 5.92 Å². The molecule has 3 atom stereocenters. The number of sulfonamides is 1. The lowest BCUT2D eigenvalue weighted by Crippen LogP contribution is -2.45. The molecule has 0 aromatic carbocycles. The molecule has 0 aliphatic carbocycles. The summed E-state index contributed by atoms with van der Waals surface area (Å²) in [4.78, 5) is 40.4. The van der Waals surface area contributed by atoms with Gasteiger partial charge in [-0.05, 0) is 90.0 Å². The van der Waals surface area contributed by atoms with E-state index in [1.807, 2.05) is 25.7 Å². The number of amides is 2. The number of hydrogen-bond donors (Lipinski definition) is 2. The van der Waals surface area contributed by atoms with Crippen molar-refractivity contribution in [1.29, 1.82) is 0 Å². The Morgan fingerprint density at radius 1 is 1.09 bits per heavy atom. The van der Waals surface area contributed by atoms with Gasteiger partial charge < -0.3 is 15.4 Å². The Kier molecular flexibility index (Phi) is 8.45. The Morgan fingerprint density at radius 3 is 2.35 bits per heavy atom. The van der Waals surface area contributed by atoms with Crippen molar-refractivity contribution in [2.24, 2.45) is 5.92 Å². The number of hydrogen-bond acceptors (Lipinski definition) is 9. The van der Waals surface area contributed by atoms with Gasteiger partial charge in [-0.3, -0.25) is 9.69 Å². The summed E-state index contributed by atoms with van der Waals surface area (Å²) >= 11 is 0. The lowest BCUT2D eigenvalue weighted by molar-refractivity contribution is 0.0175. The minimum Gasteiger partial charge on any atom is -0.444 e. The van der Waals surface area contributed by atoms with Crippen molar-refractivity contribution < 1.29 is 22.7 Å². The molecule has 5 rings (SSSR count). The zero-order valence-electron chi connectivity index (χ0n) is 28.5. The minimum atomic E-state index is -4.34. The second kappa shape index (κ2) is 11.5. The number of fused-ring (bicyclic) bond motifs is 2. The highest BCUT2D eigenvalue weighted by Crippen LogP contribution is 2.44. The predicted octanol–water partition coefficient (Wildman–Crippen LogP) is 5.66. The van der Waals surface area contributed by atoms with Gasteiger partial charge in [-0.2, -0.15) is 8.42 Å². The third-order valence-corrected chi connectivity index (χ3v) is 10.1. The van der Waals surface area contributed by atoms with Crippen LogP contribution in [0.15, 0.2) is 35.4 Å². The van der Waals surface area contributed by atoms with Crippen molar-refractivity contribution in [2.75, 3.05) is 17.2 Å². The van der Waals surface area contributed by atoms with Crippen LogP contribution in [0.5, 0.6) is 0 Å². The molecule has 3 aliphatic heterocycles. The summed E-state index contributed by atoms with van der Waals surface area (Å²) in [5.41, 5.74) is 7.17. The van der Waals surface area contributed by atoms with E-state index in [1.54, 1.807) is 6.07 Å². The fraction of sp³-hybridized carbons (Fsp3) is 0.588. The number of nitrogens with two attached hydrogens (primary N) is 1. The maximum Gasteiger partial charge on any atom is 0.411 e. The molecule has 2 amide bonds. The predicted molar refractivity (Wildman–Crippen MR) is 179 cm³/mol. The van der Waals surface area contributed by atoms with Gasteiger partial charge >= 0.3 is 6.09 Å². The van der Waals surface area contributed by atoms with Gasteiger partial charge in [0.25, 0.3) is 15.9 Å². The first-order valence-corrected chi connectivity index (χ1v) is 17.5. The molecule has 3 aliphatic rings. The van der Waals surface area contributed by atoms with E-state index in [9.17, 15) is 18.0 Å². The Bertz CT molecular complexity index is 1690. The molecule has 3 N–H and O–H groups in total. The van der Waals surface area contributed by atoms with Gasteiger partial charge in [-0.1, -0.05) is 39.8 Å². The molecule has 46 heavy (non-hydrogen) atoms. The number of nitrogens with zero attached hydrogens (tertiary/aromatic N) is 4. The first-order chi connectivity index (χ1) is 21.2. The van der Waals surface area contributed by atoms with Gasteiger partial charge in [0.15, 0.2) is 5.03 Å². The number of anilines is 2. The molecule has 2 saturated heterocycles. The standard InChI is InChI=1S/C34H48N6O5S/c1-20-18-34(8,9)39(19-20)29-25(30(41)38-46(43,44)27-12-10-11-26(35)36-27)17-24(28(37-29)32(2,3)4)21-15-22-13-14-23(16-21)40(22)31(42)45-33(5,6)7/h10-12,15,17,20,22-23H,13-14,16,18-19H2,1-9H3,(H2,35,36)(H,38,41). The molecular formula is C34H48N6O5S. The second-order valence-electron chi connectivity index (χ2n) is 15.7. The van der Waals surface area contributed by atoms with Crippen molar-refractivity contribution in [2.45, 2.75) is 122 Å². The van der Waals surface area contributed by atoms with E-state index >= 15 is 0 Å². The lowest BCUT2D eigenvalue weighted by Gasteiger charge is -2.37. The van der Waals surface area contributed by atoms with Gasteiger partial charge in [0.1, 0.15) is 17.2 Å². The van der Waals surface area contributed by atoms with E-state index in [0.29, 0.717) is 24.7 Å². The SMILES string of the molecule is CC1CN(c2nc(C(C)(C)C)c(C3=CC4CCC(C3)N4C(=O)OC(C)(C)C)cc2C(=O)NS(=O)(=O)c2cccc(N)n2)C(C)(C)C1. The third-order valence-electron chi connectivity index (χ3n) is 8.88. The zero-order chi connectivity index (χ0) is 34.0. The summed E-state index contributed by atoms with van der Waals surface area (Å²) in [5, 5.41) is -0.342. The molecule has 5 heterocycles. The van der Waals surface area contributed by atoms with Crippen molar-refractivity contribution in [3.63, 3.8) is 0 Å². The Hall–Kier alpha value is -3.67. The molecule has 2 fully saturated rings. The summed E-state index contributed by atoms with van der Waals surface area (Å²) in [6.07, 6.45) is 4.87. The summed E-state index contributed by atoms with van der Waals surface area (Å²) in [6.45, 7) is 18.9. The summed E-state index contributed by atoms with van der Waals surface area (Å²) < 4.78 is 34.7. The molecule has 2 aromatic heterocycles. The first-order valence-electron chi connectivity index (χ1n) is 16.0. The smallest absolute Gasteiger partial charge is 0.411 e. The van der Waals surface area contributed by atoms with Crippen LogP contribution < -0.4 is 15.4 Å². The van der Waals surface area contributed by atoms with Gasteiger partial charge in [0.2, 0.25) is 0 Å². The number of nitrogen functional groups attached to an aromatic ring is 1. The number of carbonyl (C=O) groups is 2. The molecule has 250 valence electrons. The highest BCUT2D eigenvalue weighted by Gasteiger charge is 2.44. The Morgan fingerprint density at radius 2 is 1.78 bits per heavy atom. The average Bonchev–Trinajstić information content (AvgIpc) is 3.35. The Labute approximate surface area is 273 Å². The van der Waals surface area contributed by atoms with E-state index in [1.165, 1.54) is 18.2 Å². The highest BCUT2D eigenvalue weighted by molar-refractivity contribution is 7.90. The number of ether oxygens (including phenoxy) is 1. The lowest BCUT2D eigenvalue weighted by atomic mass is 9.82. The topological polar surface area (TPSA) is 148 Å². The molecule has 12 heteroatoms. The van der Waals surface area contributed by atoms with Crippen LogP contribution >= 0.6 is 0 Å². The van der Waals surface area contributed by atoms with E-state index in [-0.39, 0.29) is 40.1 Å². The number of carbonyl (C=O) groups excluding carboxylic acids is 2. The Balaban J connectivity index is 1.64. The highest BCUT2D eigenvalue weighted by atomic mass is 32.2. The molecular weight excluding hydrogens is 604 g/mol. The first kappa shape index (κ1) is 33.7. The van der Waals surface area contributed by atoms with Crippen molar-refractivity contribution in [3.05, 3.63) is 47.2 Å². The van der Waals surface area contributed by atoms with Crippen molar-refractivity contribution in [1.82, 2.24) is 19.6 Å².